The SMILES string of the molecule is CCCCCCC1(CCCCCC)c2cc(C=Cc3cccc4c5ccccc5n(CC)c34)ccc2-c2ccc(C=Cc3cccc4c5ccccc5n(CC)c34)cc21. The minimum Gasteiger partial charge on any atom is -0.340 e. The van der Waals surface area contributed by atoms with E-state index in [4.69, 9.17) is 0 Å². The van der Waals surface area contributed by atoms with Crippen molar-refractivity contribution in [2.45, 2.75) is 110 Å². The molecule has 0 unspecified atom stereocenters. The molecule has 2 nitrogen and oxygen atoms in total. The van der Waals surface area contributed by atoms with Gasteiger partial charge in [0.15, 0.2) is 0 Å². The van der Waals surface area contributed by atoms with Gasteiger partial charge in [-0.2, -0.15) is 0 Å². The van der Waals surface area contributed by atoms with Gasteiger partial charge in [0.2, 0.25) is 0 Å². The fourth-order valence-electron chi connectivity index (χ4n) is 10.7. The summed E-state index contributed by atoms with van der Waals surface area (Å²) in [7, 11) is 0. The van der Waals surface area contributed by atoms with Gasteiger partial charge in [-0.25, -0.2) is 0 Å². The summed E-state index contributed by atoms with van der Waals surface area (Å²) >= 11 is 0. The van der Waals surface area contributed by atoms with Crippen LogP contribution in [0.15, 0.2) is 121 Å². The van der Waals surface area contributed by atoms with Crippen molar-refractivity contribution in [2.75, 3.05) is 0 Å². The Balaban J connectivity index is 1.13. The Morgan fingerprint density at radius 3 is 1.31 bits per heavy atom. The predicted octanol–water partition coefficient (Wildman–Crippen LogP) is 16.5. The molecule has 2 aromatic heterocycles. The third-order valence-corrected chi connectivity index (χ3v) is 13.5. The Kier molecular flexibility index (Phi) is 11.2. The number of aryl methyl sites for hydroxylation is 2. The minimum absolute atomic E-state index is 0.00312. The maximum atomic E-state index is 2.57. The number of benzene rings is 6. The molecule has 0 saturated heterocycles. The van der Waals surface area contributed by atoms with E-state index in [1.807, 2.05) is 0 Å². The summed E-state index contributed by atoms with van der Waals surface area (Å²) in [6.45, 7) is 11.1. The average Bonchev–Trinajstić information content (AvgIpc) is 3.89. The fraction of sp³-hybridized carbons (Fsp3) is 0.298. The molecule has 2 heteroatoms. The number of rotatable bonds is 16. The number of fused-ring (bicyclic) bond motifs is 9. The van der Waals surface area contributed by atoms with Crippen LogP contribution >= 0.6 is 0 Å². The van der Waals surface area contributed by atoms with Crippen LogP contribution in [0.1, 0.15) is 125 Å². The number of hydrogen-bond donors (Lipinski definition) is 0. The van der Waals surface area contributed by atoms with Crippen molar-refractivity contribution in [3.05, 3.63) is 155 Å². The molecule has 0 fully saturated rings. The van der Waals surface area contributed by atoms with Crippen molar-refractivity contribution in [2.24, 2.45) is 0 Å². The van der Waals surface area contributed by atoms with E-state index in [-0.39, 0.29) is 5.41 Å². The van der Waals surface area contributed by atoms with Crippen LogP contribution in [0.2, 0.25) is 0 Å². The molecule has 298 valence electrons. The Morgan fingerprint density at radius 2 is 0.864 bits per heavy atom. The lowest BCUT2D eigenvalue weighted by Crippen LogP contribution is -2.25. The lowest BCUT2D eigenvalue weighted by Gasteiger charge is -2.33. The molecule has 0 amide bonds. The molecule has 0 spiro atoms. The smallest absolute Gasteiger partial charge is 0.0564 e. The van der Waals surface area contributed by atoms with E-state index in [0.717, 1.165) is 13.1 Å². The van der Waals surface area contributed by atoms with Crippen LogP contribution in [0.4, 0.5) is 0 Å². The average molecular weight is 773 g/mol. The van der Waals surface area contributed by atoms with E-state index in [9.17, 15) is 0 Å². The topological polar surface area (TPSA) is 9.86 Å². The molecule has 0 saturated carbocycles. The maximum Gasteiger partial charge on any atom is 0.0564 e. The Bertz CT molecular complexity index is 2640. The van der Waals surface area contributed by atoms with Crippen LogP contribution in [0, 0.1) is 0 Å². The summed E-state index contributed by atoms with van der Waals surface area (Å²) in [5.74, 6) is 0. The highest BCUT2D eigenvalue weighted by atomic mass is 15.0. The van der Waals surface area contributed by atoms with Crippen molar-refractivity contribution in [1.82, 2.24) is 9.13 Å². The largest absolute Gasteiger partial charge is 0.340 e. The second kappa shape index (κ2) is 16.9. The van der Waals surface area contributed by atoms with Gasteiger partial charge in [0.1, 0.15) is 0 Å². The number of nitrogens with zero attached hydrogens (tertiary/aromatic N) is 2. The predicted molar refractivity (Wildman–Crippen MR) is 258 cm³/mol. The normalized spacial score (nSPS) is 13.6. The number of hydrogen-bond acceptors (Lipinski definition) is 0. The maximum absolute atomic E-state index is 2.57. The van der Waals surface area contributed by atoms with Crippen molar-refractivity contribution in [1.29, 1.82) is 0 Å². The first kappa shape index (κ1) is 38.9. The third kappa shape index (κ3) is 6.95. The van der Waals surface area contributed by atoms with Crippen LogP contribution in [0.25, 0.3) is 79.0 Å². The number of para-hydroxylation sites is 4. The van der Waals surface area contributed by atoms with Gasteiger partial charge in [0, 0.05) is 51.1 Å². The molecule has 0 N–H and O–H groups in total. The zero-order valence-electron chi connectivity index (χ0n) is 35.7. The van der Waals surface area contributed by atoms with Crippen molar-refractivity contribution in [3.63, 3.8) is 0 Å². The number of aromatic nitrogens is 2. The molecule has 0 atom stereocenters. The van der Waals surface area contributed by atoms with Crippen molar-refractivity contribution >= 4 is 67.9 Å². The van der Waals surface area contributed by atoms with E-state index in [2.05, 4.69) is 182 Å². The molecule has 2 heterocycles. The van der Waals surface area contributed by atoms with Crippen LogP contribution in [0.3, 0.4) is 0 Å². The van der Waals surface area contributed by atoms with Crippen LogP contribution in [-0.2, 0) is 18.5 Å². The highest BCUT2D eigenvalue weighted by molar-refractivity contribution is 6.12. The summed E-state index contributed by atoms with van der Waals surface area (Å²) in [6.07, 6.45) is 22.1. The minimum atomic E-state index is 0.00312. The van der Waals surface area contributed by atoms with Crippen LogP contribution in [-0.4, -0.2) is 9.13 Å². The molecule has 1 aliphatic carbocycles. The summed E-state index contributed by atoms with van der Waals surface area (Å²) in [5, 5.41) is 5.34. The summed E-state index contributed by atoms with van der Waals surface area (Å²) in [4.78, 5) is 0. The molecule has 0 bridgehead atoms. The second-order valence-electron chi connectivity index (χ2n) is 17.0. The molecule has 0 radical (unpaired) electrons. The highest BCUT2D eigenvalue weighted by Crippen LogP contribution is 2.55. The second-order valence-corrected chi connectivity index (χ2v) is 17.0. The van der Waals surface area contributed by atoms with E-state index < -0.39 is 0 Å². The van der Waals surface area contributed by atoms with Gasteiger partial charge in [-0.3, -0.25) is 0 Å². The molecular weight excluding hydrogens is 713 g/mol. The fourth-order valence-corrected chi connectivity index (χ4v) is 10.7. The van der Waals surface area contributed by atoms with Gasteiger partial charge < -0.3 is 9.13 Å². The zero-order valence-corrected chi connectivity index (χ0v) is 35.7. The summed E-state index contributed by atoms with van der Waals surface area (Å²) < 4.78 is 4.97. The third-order valence-electron chi connectivity index (χ3n) is 13.5. The highest BCUT2D eigenvalue weighted by Gasteiger charge is 2.42. The molecule has 0 aliphatic heterocycles. The summed E-state index contributed by atoms with van der Waals surface area (Å²) in [5.41, 5.74) is 16.4. The summed E-state index contributed by atoms with van der Waals surface area (Å²) in [6, 6.07) is 46.1. The molecule has 59 heavy (non-hydrogen) atoms. The Hall–Kier alpha value is -5.60. The van der Waals surface area contributed by atoms with Gasteiger partial charge in [-0.15, -0.1) is 0 Å². The molecular formula is C57H60N2. The van der Waals surface area contributed by atoms with Gasteiger partial charge in [0.05, 0.1) is 11.0 Å². The van der Waals surface area contributed by atoms with E-state index >= 15 is 0 Å². The first-order chi connectivity index (χ1) is 29.1. The first-order valence-corrected chi connectivity index (χ1v) is 22.8. The van der Waals surface area contributed by atoms with Gasteiger partial charge in [-0.05, 0) is 83.3 Å². The standard InChI is InChI=1S/C57H60N2/c1-5-9-11-17-37-57(38-18-12-10-6-2)51-39-41(29-33-43-21-19-25-49-47-23-13-15-27-53(47)58(7-3)55(43)49)31-35-45(51)46-36-32-42(40-52(46)57)30-34-44-22-20-26-50-48-24-14-16-28-54(48)59(8-4)56(44)50/h13-16,19-36,39-40H,5-12,17-18,37-38H2,1-4H3. The molecule has 9 rings (SSSR count). The molecule has 8 aromatic rings. The van der Waals surface area contributed by atoms with Gasteiger partial charge in [0.25, 0.3) is 0 Å². The van der Waals surface area contributed by atoms with Crippen molar-refractivity contribution < 1.29 is 0 Å². The van der Waals surface area contributed by atoms with Crippen molar-refractivity contribution in [3.8, 4) is 11.1 Å². The van der Waals surface area contributed by atoms with E-state index in [0.29, 0.717) is 0 Å². The first-order valence-electron chi connectivity index (χ1n) is 22.8. The number of unbranched alkanes of at least 4 members (excludes halogenated alkanes) is 6. The van der Waals surface area contributed by atoms with Gasteiger partial charge >= 0.3 is 0 Å². The molecule has 6 aromatic carbocycles. The lowest BCUT2D eigenvalue weighted by molar-refractivity contribution is 0.401. The van der Waals surface area contributed by atoms with Gasteiger partial charge in [-0.1, -0.05) is 199 Å². The quantitative estimate of drug-likeness (QED) is 0.0684. The molecule has 1 aliphatic rings. The monoisotopic (exact) mass is 772 g/mol. The van der Waals surface area contributed by atoms with Crippen LogP contribution in [0.5, 0.6) is 0 Å². The van der Waals surface area contributed by atoms with E-state index in [1.54, 1.807) is 11.1 Å². The van der Waals surface area contributed by atoms with E-state index in [1.165, 1.54) is 141 Å². The Morgan fingerprint density at radius 1 is 0.424 bits per heavy atom. The zero-order chi connectivity index (χ0) is 40.3. The Labute approximate surface area is 351 Å². The lowest BCUT2D eigenvalue weighted by atomic mass is 9.70. The van der Waals surface area contributed by atoms with Crippen LogP contribution < -0.4 is 0 Å².